The second kappa shape index (κ2) is 7.89. The highest BCUT2D eigenvalue weighted by molar-refractivity contribution is 6.07. The van der Waals surface area contributed by atoms with Crippen molar-refractivity contribution in [1.29, 1.82) is 5.26 Å². The van der Waals surface area contributed by atoms with Gasteiger partial charge >= 0.3 is 0 Å². The van der Waals surface area contributed by atoms with Gasteiger partial charge < -0.3 is 10.6 Å². The van der Waals surface area contributed by atoms with Gasteiger partial charge in [-0.15, -0.1) is 0 Å². The Bertz CT molecular complexity index is 1040. The second-order valence-electron chi connectivity index (χ2n) is 5.54. The summed E-state index contributed by atoms with van der Waals surface area (Å²) in [4.78, 5) is 28.6. The van der Waals surface area contributed by atoms with E-state index in [2.05, 4.69) is 15.6 Å². The fraction of sp³-hybridized carbons (Fsp3) is 0. The lowest BCUT2D eigenvalue weighted by molar-refractivity contribution is 0.102. The van der Waals surface area contributed by atoms with Crippen LogP contribution in [0.15, 0.2) is 66.9 Å². The van der Waals surface area contributed by atoms with E-state index in [4.69, 9.17) is 5.26 Å². The normalized spacial score (nSPS) is 9.93. The third-order valence-electron chi connectivity index (χ3n) is 3.61. The van der Waals surface area contributed by atoms with Crippen LogP contribution >= 0.6 is 0 Å². The van der Waals surface area contributed by atoms with E-state index in [1.54, 1.807) is 24.3 Å². The molecule has 0 aliphatic carbocycles. The van der Waals surface area contributed by atoms with E-state index in [-0.39, 0.29) is 11.3 Å². The van der Waals surface area contributed by atoms with Crippen molar-refractivity contribution in [3.05, 3.63) is 89.5 Å². The molecule has 1 heterocycles. The lowest BCUT2D eigenvalue weighted by atomic mass is 10.2. The van der Waals surface area contributed by atoms with E-state index in [9.17, 15) is 14.0 Å². The Hall–Kier alpha value is -4.05. The van der Waals surface area contributed by atoms with Crippen molar-refractivity contribution >= 4 is 23.2 Å². The van der Waals surface area contributed by atoms with Gasteiger partial charge in [-0.25, -0.2) is 4.39 Å². The van der Waals surface area contributed by atoms with Crippen LogP contribution in [0.25, 0.3) is 0 Å². The molecule has 0 fully saturated rings. The number of rotatable bonds is 4. The summed E-state index contributed by atoms with van der Waals surface area (Å²) in [6.07, 6.45) is 1.35. The van der Waals surface area contributed by atoms with E-state index in [1.165, 1.54) is 42.6 Å². The molecule has 0 radical (unpaired) electrons. The van der Waals surface area contributed by atoms with Crippen LogP contribution in [0.1, 0.15) is 26.4 Å². The molecule has 7 heteroatoms. The summed E-state index contributed by atoms with van der Waals surface area (Å²) < 4.78 is 12.9. The summed E-state index contributed by atoms with van der Waals surface area (Å²) in [5.74, 6) is -1.38. The minimum absolute atomic E-state index is 0.0396. The number of nitriles is 1. The third-order valence-corrected chi connectivity index (χ3v) is 3.61. The average Bonchev–Trinajstić information content (AvgIpc) is 2.70. The second-order valence-corrected chi connectivity index (χ2v) is 5.54. The molecule has 0 unspecified atom stereocenters. The molecule has 0 saturated carbocycles. The highest BCUT2D eigenvalue weighted by Crippen LogP contribution is 2.13. The molecule has 3 rings (SSSR count). The Labute approximate surface area is 154 Å². The Morgan fingerprint density at radius 3 is 2.41 bits per heavy atom. The van der Waals surface area contributed by atoms with E-state index < -0.39 is 17.6 Å². The van der Waals surface area contributed by atoms with Gasteiger partial charge in [0.25, 0.3) is 11.8 Å². The van der Waals surface area contributed by atoms with Crippen LogP contribution < -0.4 is 10.6 Å². The lowest BCUT2D eigenvalue weighted by Crippen LogP contribution is -2.17. The molecule has 0 bridgehead atoms. The number of aromatic nitrogens is 1. The molecule has 0 aliphatic heterocycles. The van der Waals surface area contributed by atoms with Gasteiger partial charge in [-0.2, -0.15) is 5.26 Å². The summed E-state index contributed by atoms with van der Waals surface area (Å²) in [5, 5.41) is 14.2. The summed E-state index contributed by atoms with van der Waals surface area (Å²) >= 11 is 0. The van der Waals surface area contributed by atoms with Gasteiger partial charge in [-0.05, 0) is 54.6 Å². The first-order valence-corrected chi connectivity index (χ1v) is 7.89. The fourth-order valence-corrected chi connectivity index (χ4v) is 2.29. The van der Waals surface area contributed by atoms with Crippen molar-refractivity contribution in [2.75, 3.05) is 10.6 Å². The standard InChI is InChI=1S/C20H13FN4O2/c21-15-4-6-16(7-5-15)24-20(27)18-11-14(8-9-23-18)19(26)25-17-3-1-2-13(10-17)12-22/h1-11H,(H,24,27)(H,25,26). The summed E-state index contributed by atoms with van der Waals surface area (Å²) in [5.41, 5.74) is 1.57. The zero-order valence-electron chi connectivity index (χ0n) is 13.9. The number of pyridine rings is 1. The number of nitrogens with zero attached hydrogens (tertiary/aromatic N) is 2. The summed E-state index contributed by atoms with van der Waals surface area (Å²) in [6.45, 7) is 0. The Morgan fingerprint density at radius 1 is 0.926 bits per heavy atom. The van der Waals surface area contributed by atoms with Crippen LogP contribution in [0, 0.1) is 17.1 Å². The number of halogens is 1. The molecule has 0 saturated heterocycles. The zero-order chi connectivity index (χ0) is 19.2. The van der Waals surface area contributed by atoms with Gasteiger partial charge in [-0.3, -0.25) is 14.6 Å². The van der Waals surface area contributed by atoms with Crippen molar-refractivity contribution in [3.8, 4) is 6.07 Å². The van der Waals surface area contributed by atoms with E-state index in [0.29, 0.717) is 16.9 Å². The quantitative estimate of drug-likeness (QED) is 0.743. The molecule has 6 nitrogen and oxygen atoms in total. The zero-order valence-corrected chi connectivity index (χ0v) is 13.9. The van der Waals surface area contributed by atoms with E-state index in [0.717, 1.165) is 0 Å². The minimum Gasteiger partial charge on any atom is -0.322 e. The average molecular weight is 360 g/mol. The maximum atomic E-state index is 12.9. The van der Waals surface area contributed by atoms with Gasteiger partial charge in [0.05, 0.1) is 11.6 Å². The number of hydrogen-bond acceptors (Lipinski definition) is 4. The molecule has 0 spiro atoms. The lowest BCUT2D eigenvalue weighted by Gasteiger charge is -2.08. The maximum absolute atomic E-state index is 12.9. The van der Waals surface area contributed by atoms with Crippen molar-refractivity contribution in [1.82, 2.24) is 4.98 Å². The molecule has 1 aromatic heterocycles. The first-order chi connectivity index (χ1) is 13.0. The van der Waals surface area contributed by atoms with Crippen molar-refractivity contribution in [3.63, 3.8) is 0 Å². The van der Waals surface area contributed by atoms with E-state index in [1.807, 2.05) is 6.07 Å². The van der Waals surface area contributed by atoms with Gasteiger partial charge in [-0.1, -0.05) is 6.07 Å². The largest absolute Gasteiger partial charge is 0.322 e. The molecule has 2 N–H and O–H groups in total. The van der Waals surface area contributed by atoms with Crippen molar-refractivity contribution in [2.24, 2.45) is 0 Å². The predicted molar refractivity (Wildman–Crippen MR) is 97.7 cm³/mol. The smallest absolute Gasteiger partial charge is 0.274 e. The molecule has 2 aromatic carbocycles. The monoisotopic (exact) mass is 360 g/mol. The van der Waals surface area contributed by atoms with Crippen LogP contribution in [0.4, 0.5) is 15.8 Å². The Balaban J connectivity index is 1.74. The minimum atomic E-state index is -0.525. The summed E-state index contributed by atoms with van der Waals surface area (Å²) in [7, 11) is 0. The number of carbonyl (C=O) groups is 2. The van der Waals surface area contributed by atoms with Crippen molar-refractivity contribution in [2.45, 2.75) is 0 Å². The highest BCUT2D eigenvalue weighted by atomic mass is 19.1. The molecule has 3 aromatic rings. The Kier molecular flexibility index (Phi) is 5.19. The topological polar surface area (TPSA) is 94.9 Å². The van der Waals surface area contributed by atoms with Gasteiger partial charge in [0, 0.05) is 23.1 Å². The molecule has 27 heavy (non-hydrogen) atoms. The van der Waals surface area contributed by atoms with Crippen LogP contribution in [0.5, 0.6) is 0 Å². The Morgan fingerprint density at radius 2 is 1.67 bits per heavy atom. The van der Waals surface area contributed by atoms with Crippen LogP contribution in [-0.2, 0) is 0 Å². The van der Waals surface area contributed by atoms with Crippen LogP contribution in [0.3, 0.4) is 0 Å². The van der Waals surface area contributed by atoms with E-state index >= 15 is 0 Å². The molecule has 132 valence electrons. The molecular formula is C20H13FN4O2. The first kappa shape index (κ1) is 17.8. The number of amides is 2. The number of carbonyl (C=O) groups excluding carboxylic acids is 2. The summed E-state index contributed by atoms with van der Waals surface area (Å²) in [6, 6.07) is 16.6. The SMILES string of the molecule is N#Cc1cccc(NC(=O)c2ccnc(C(=O)Nc3ccc(F)cc3)c2)c1. The number of nitrogens with one attached hydrogen (secondary N) is 2. The fourth-order valence-electron chi connectivity index (χ4n) is 2.29. The molecule has 0 atom stereocenters. The van der Waals surface area contributed by atoms with Gasteiger partial charge in [0.15, 0.2) is 0 Å². The maximum Gasteiger partial charge on any atom is 0.274 e. The molecular weight excluding hydrogens is 347 g/mol. The third kappa shape index (κ3) is 4.52. The molecule has 0 aliphatic rings. The van der Waals surface area contributed by atoms with Crippen molar-refractivity contribution < 1.29 is 14.0 Å². The highest BCUT2D eigenvalue weighted by Gasteiger charge is 2.13. The first-order valence-electron chi connectivity index (χ1n) is 7.89. The predicted octanol–water partition coefficient (Wildman–Crippen LogP) is 3.60. The molecule has 2 amide bonds. The number of anilines is 2. The number of hydrogen-bond donors (Lipinski definition) is 2. The van der Waals surface area contributed by atoms with Crippen LogP contribution in [0.2, 0.25) is 0 Å². The van der Waals surface area contributed by atoms with Crippen LogP contribution in [-0.4, -0.2) is 16.8 Å². The van der Waals surface area contributed by atoms with Gasteiger partial charge in [0.2, 0.25) is 0 Å². The number of benzene rings is 2. The van der Waals surface area contributed by atoms with Gasteiger partial charge in [0.1, 0.15) is 11.5 Å².